The first kappa shape index (κ1) is 16.3. The number of para-hydroxylation sites is 1. The molecular weight excluding hydrogens is 302 g/mol. The highest BCUT2D eigenvalue weighted by molar-refractivity contribution is 5.96. The minimum Gasteiger partial charge on any atom is -0.451 e. The minimum absolute atomic E-state index is 0.136. The maximum atomic E-state index is 12.2. The first-order valence-corrected chi connectivity index (χ1v) is 8.20. The van der Waals surface area contributed by atoms with Crippen molar-refractivity contribution in [3.8, 4) is 0 Å². The van der Waals surface area contributed by atoms with Gasteiger partial charge in [-0.05, 0) is 36.5 Å². The Bertz CT molecular complexity index is 762. The van der Waals surface area contributed by atoms with E-state index >= 15 is 0 Å². The van der Waals surface area contributed by atoms with E-state index in [4.69, 9.17) is 4.42 Å². The van der Waals surface area contributed by atoms with Gasteiger partial charge >= 0.3 is 0 Å². The lowest BCUT2D eigenvalue weighted by atomic mass is 9.93. The molecule has 3 rings (SSSR count). The summed E-state index contributed by atoms with van der Waals surface area (Å²) in [6.07, 6.45) is 1.46. The fourth-order valence-corrected chi connectivity index (χ4v) is 2.90. The molecule has 1 aromatic heterocycles. The van der Waals surface area contributed by atoms with Crippen LogP contribution in [0.4, 0.5) is 0 Å². The van der Waals surface area contributed by atoms with Gasteiger partial charge < -0.3 is 14.8 Å². The molecule has 124 valence electrons. The maximum absolute atomic E-state index is 12.2. The lowest BCUT2D eigenvalue weighted by Gasteiger charge is -2.16. The first-order chi connectivity index (χ1) is 11.8. The Morgan fingerprint density at radius 2 is 1.79 bits per heavy atom. The van der Waals surface area contributed by atoms with Crippen molar-refractivity contribution in [1.82, 2.24) is 5.32 Å². The zero-order chi connectivity index (χ0) is 16.8. The lowest BCUT2D eigenvalue weighted by Crippen LogP contribution is -2.25. The molecule has 0 saturated carbocycles. The van der Waals surface area contributed by atoms with Gasteiger partial charge in [-0.1, -0.05) is 48.5 Å². The largest absolute Gasteiger partial charge is 0.451 e. The third-order valence-electron chi connectivity index (χ3n) is 4.18. The Morgan fingerprint density at radius 3 is 2.54 bits per heavy atom. The lowest BCUT2D eigenvalue weighted by molar-refractivity contribution is 0.0926. The van der Waals surface area contributed by atoms with Crippen molar-refractivity contribution in [2.24, 2.45) is 0 Å². The number of carbonyl (C=O) groups excluding carboxylic acids is 1. The standard InChI is InChI=1S/C20H21NO3/c22-13-11-16(15-6-2-1-3-7-15)10-12-21-20(23)19-14-17-8-4-5-9-18(17)24-19/h1-9,14,16,22H,10-13H2,(H,21,23). The van der Waals surface area contributed by atoms with Crippen LogP contribution in [0, 0.1) is 0 Å². The molecule has 4 heteroatoms. The summed E-state index contributed by atoms with van der Waals surface area (Å²) in [6.45, 7) is 0.673. The van der Waals surface area contributed by atoms with Crippen molar-refractivity contribution < 1.29 is 14.3 Å². The quantitative estimate of drug-likeness (QED) is 0.696. The molecule has 1 unspecified atom stereocenters. The Balaban J connectivity index is 1.59. The number of hydrogen-bond acceptors (Lipinski definition) is 3. The zero-order valence-corrected chi connectivity index (χ0v) is 13.4. The molecule has 0 aliphatic heterocycles. The Morgan fingerprint density at radius 1 is 1.04 bits per heavy atom. The van der Waals surface area contributed by atoms with E-state index in [0.717, 1.165) is 11.8 Å². The predicted octanol–water partition coefficient (Wildman–Crippen LogP) is 3.72. The highest BCUT2D eigenvalue weighted by Gasteiger charge is 2.14. The number of hydrogen-bond donors (Lipinski definition) is 2. The van der Waals surface area contributed by atoms with Crippen LogP contribution >= 0.6 is 0 Å². The number of amides is 1. The van der Waals surface area contributed by atoms with E-state index in [1.807, 2.05) is 42.5 Å². The molecule has 0 aliphatic carbocycles. The average molecular weight is 323 g/mol. The van der Waals surface area contributed by atoms with Gasteiger partial charge in [0.15, 0.2) is 5.76 Å². The van der Waals surface area contributed by atoms with Crippen molar-refractivity contribution >= 4 is 16.9 Å². The number of nitrogens with one attached hydrogen (secondary N) is 1. The summed E-state index contributed by atoms with van der Waals surface area (Å²) in [7, 11) is 0. The minimum atomic E-state index is -0.206. The molecule has 0 spiro atoms. The molecule has 1 amide bonds. The highest BCUT2D eigenvalue weighted by Crippen LogP contribution is 2.23. The molecule has 3 aromatic rings. The van der Waals surface area contributed by atoms with E-state index < -0.39 is 0 Å². The van der Waals surface area contributed by atoms with Crippen LogP contribution in [-0.2, 0) is 0 Å². The Labute approximate surface area is 141 Å². The van der Waals surface area contributed by atoms with Crippen LogP contribution in [0.3, 0.4) is 0 Å². The summed E-state index contributed by atoms with van der Waals surface area (Å²) in [6, 6.07) is 19.4. The zero-order valence-electron chi connectivity index (χ0n) is 13.4. The Kier molecular flexibility index (Phi) is 5.29. The van der Waals surface area contributed by atoms with E-state index in [1.165, 1.54) is 5.56 Å². The topological polar surface area (TPSA) is 62.5 Å². The molecule has 0 radical (unpaired) electrons. The molecule has 0 fully saturated rings. The van der Waals surface area contributed by atoms with Gasteiger partial charge in [-0.2, -0.15) is 0 Å². The molecule has 0 saturated heterocycles. The number of fused-ring (bicyclic) bond motifs is 1. The van der Waals surface area contributed by atoms with Crippen LogP contribution in [-0.4, -0.2) is 24.2 Å². The van der Waals surface area contributed by atoms with Crippen molar-refractivity contribution in [1.29, 1.82) is 0 Å². The van der Waals surface area contributed by atoms with Crippen LogP contribution in [0.15, 0.2) is 65.1 Å². The number of carbonyl (C=O) groups is 1. The molecule has 4 nitrogen and oxygen atoms in total. The normalized spacial score (nSPS) is 12.2. The number of aliphatic hydroxyl groups excluding tert-OH is 1. The van der Waals surface area contributed by atoms with Crippen molar-refractivity contribution in [2.45, 2.75) is 18.8 Å². The van der Waals surface area contributed by atoms with Crippen LogP contribution in [0.1, 0.15) is 34.9 Å². The van der Waals surface area contributed by atoms with Gasteiger partial charge in [-0.25, -0.2) is 0 Å². The van der Waals surface area contributed by atoms with Crippen LogP contribution in [0.5, 0.6) is 0 Å². The molecule has 0 aliphatic rings. The van der Waals surface area contributed by atoms with Crippen molar-refractivity contribution in [2.75, 3.05) is 13.2 Å². The summed E-state index contributed by atoms with van der Waals surface area (Å²) in [5, 5.41) is 13.1. The fourth-order valence-electron chi connectivity index (χ4n) is 2.90. The van der Waals surface area contributed by atoms with Gasteiger partial charge in [-0.3, -0.25) is 4.79 Å². The first-order valence-electron chi connectivity index (χ1n) is 8.20. The third kappa shape index (κ3) is 3.84. The second-order valence-electron chi connectivity index (χ2n) is 5.81. The second-order valence-corrected chi connectivity index (χ2v) is 5.81. The number of aliphatic hydroxyl groups is 1. The molecule has 24 heavy (non-hydrogen) atoms. The van der Waals surface area contributed by atoms with E-state index in [1.54, 1.807) is 6.07 Å². The SMILES string of the molecule is O=C(NCCC(CCO)c1ccccc1)c1cc2ccccc2o1. The number of benzene rings is 2. The van der Waals surface area contributed by atoms with E-state index in [0.29, 0.717) is 24.3 Å². The second kappa shape index (κ2) is 7.79. The fraction of sp³-hybridized carbons (Fsp3) is 0.250. The van der Waals surface area contributed by atoms with Crippen LogP contribution in [0.25, 0.3) is 11.0 Å². The van der Waals surface area contributed by atoms with Crippen LogP contribution in [0.2, 0.25) is 0 Å². The monoisotopic (exact) mass is 323 g/mol. The van der Waals surface area contributed by atoms with Gasteiger partial charge in [-0.15, -0.1) is 0 Å². The average Bonchev–Trinajstić information content (AvgIpc) is 3.06. The van der Waals surface area contributed by atoms with Gasteiger partial charge in [0.1, 0.15) is 5.58 Å². The van der Waals surface area contributed by atoms with E-state index in [2.05, 4.69) is 17.4 Å². The summed E-state index contributed by atoms with van der Waals surface area (Å²) in [4.78, 5) is 12.2. The highest BCUT2D eigenvalue weighted by atomic mass is 16.3. The van der Waals surface area contributed by atoms with Gasteiger partial charge in [0.2, 0.25) is 0 Å². The van der Waals surface area contributed by atoms with E-state index in [-0.39, 0.29) is 18.4 Å². The number of furan rings is 1. The van der Waals surface area contributed by atoms with Gasteiger partial charge in [0, 0.05) is 18.5 Å². The van der Waals surface area contributed by atoms with E-state index in [9.17, 15) is 9.90 Å². The molecule has 2 aromatic carbocycles. The third-order valence-corrected chi connectivity index (χ3v) is 4.18. The summed E-state index contributed by atoms with van der Waals surface area (Å²) < 4.78 is 5.57. The molecule has 1 heterocycles. The van der Waals surface area contributed by atoms with Crippen LogP contribution < -0.4 is 5.32 Å². The molecule has 2 N–H and O–H groups in total. The molecule has 1 atom stereocenters. The molecule has 0 bridgehead atoms. The van der Waals surface area contributed by atoms with Gasteiger partial charge in [0.25, 0.3) is 5.91 Å². The maximum Gasteiger partial charge on any atom is 0.287 e. The van der Waals surface area contributed by atoms with Crippen molar-refractivity contribution in [3.05, 3.63) is 72.0 Å². The summed E-state index contributed by atoms with van der Waals surface area (Å²) in [5.74, 6) is 0.351. The summed E-state index contributed by atoms with van der Waals surface area (Å²) >= 11 is 0. The predicted molar refractivity (Wildman–Crippen MR) is 94.1 cm³/mol. The number of rotatable bonds is 7. The van der Waals surface area contributed by atoms with Gasteiger partial charge in [0.05, 0.1) is 0 Å². The Hall–Kier alpha value is -2.59. The summed E-state index contributed by atoms with van der Waals surface area (Å²) in [5.41, 5.74) is 1.90. The van der Waals surface area contributed by atoms with Crippen molar-refractivity contribution in [3.63, 3.8) is 0 Å². The smallest absolute Gasteiger partial charge is 0.287 e. The molecular formula is C20H21NO3.